The molecule has 0 saturated heterocycles. The van der Waals surface area contributed by atoms with Crippen LogP contribution in [0.25, 0.3) is 0 Å². The summed E-state index contributed by atoms with van der Waals surface area (Å²) in [5.41, 5.74) is 0.648. The van der Waals surface area contributed by atoms with E-state index in [0.717, 1.165) is 0 Å². The Labute approximate surface area is 104 Å². The van der Waals surface area contributed by atoms with E-state index < -0.39 is 6.10 Å². The summed E-state index contributed by atoms with van der Waals surface area (Å²) < 4.78 is 18.0. The van der Waals surface area contributed by atoms with E-state index in [1.807, 2.05) is 0 Å². The minimum absolute atomic E-state index is 0.0659. The van der Waals surface area contributed by atoms with E-state index in [0.29, 0.717) is 11.3 Å². The summed E-state index contributed by atoms with van der Waals surface area (Å²) in [6.45, 7) is 0.0659. The number of hydrogen-bond donors (Lipinski definition) is 2. The molecule has 0 bridgehead atoms. The Hall–Kier alpha value is -2.07. The first-order chi connectivity index (χ1) is 8.65. The van der Waals surface area contributed by atoms with Crippen molar-refractivity contribution in [1.29, 1.82) is 0 Å². The van der Waals surface area contributed by atoms with Crippen LogP contribution in [0.15, 0.2) is 48.5 Å². The molecule has 2 rings (SSSR count). The number of phenols is 1. The molecule has 0 spiro atoms. The predicted octanol–water partition coefficient (Wildman–Crippen LogP) is 2.64. The predicted molar refractivity (Wildman–Crippen MR) is 65.0 cm³/mol. The van der Waals surface area contributed by atoms with E-state index >= 15 is 0 Å². The lowest BCUT2D eigenvalue weighted by molar-refractivity contribution is 0.108. The van der Waals surface area contributed by atoms with E-state index in [9.17, 15) is 9.50 Å². The van der Waals surface area contributed by atoms with Gasteiger partial charge >= 0.3 is 0 Å². The molecule has 1 atom stereocenters. The van der Waals surface area contributed by atoms with Crippen LogP contribution in [0, 0.1) is 5.82 Å². The lowest BCUT2D eigenvalue weighted by Gasteiger charge is -2.12. The monoisotopic (exact) mass is 248 g/mol. The molecular weight excluding hydrogens is 235 g/mol. The van der Waals surface area contributed by atoms with Gasteiger partial charge in [0.1, 0.15) is 30.0 Å². The summed E-state index contributed by atoms with van der Waals surface area (Å²) in [4.78, 5) is 0. The second kappa shape index (κ2) is 5.51. The third-order valence-corrected chi connectivity index (χ3v) is 2.50. The van der Waals surface area contributed by atoms with Crippen molar-refractivity contribution in [3.05, 3.63) is 59.9 Å². The summed E-state index contributed by atoms with van der Waals surface area (Å²) in [6, 6.07) is 11.8. The van der Waals surface area contributed by atoms with Crippen LogP contribution < -0.4 is 4.74 Å². The minimum atomic E-state index is -0.796. The van der Waals surface area contributed by atoms with Gasteiger partial charge in [-0.1, -0.05) is 12.1 Å². The summed E-state index contributed by atoms with van der Waals surface area (Å²) in [7, 11) is 0. The molecule has 0 fully saturated rings. The van der Waals surface area contributed by atoms with Gasteiger partial charge in [-0.3, -0.25) is 0 Å². The second-order valence-corrected chi connectivity index (χ2v) is 3.87. The average Bonchev–Trinajstić information content (AvgIpc) is 2.38. The van der Waals surface area contributed by atoms with Crippen molar-refractivity contribution in [2.45, 2.75) is 6.10 Å². The third kappa shape index (κ3) is 3.21. The van der Waals surface area contributed by atoms with Crippen molar-refractivity contribution < 1.29 is 19.3 Å². The number of rotatable bonds is 4. The van der Waals surface area contributed by atoms with Crippen molar-refractivity contribution in [2.24, 2.45) is 0 Å². The molecule has 94 valence electrons. The number of hydrogen-bond acceptors (Lipinski definition) is 3. The summed E-state index contributed by atoms with van der Waals surface area (Å²) in [6.07, 6.45) is -0.796. The van der Waals surface area contributed by atoms with Gasteiger partial charge in [-0.2, -0.15) is 0 Å². The fourth-order valence-electron chi connectivity index (χ4n) is 1.50. The van der Waals surface area contributed by atoms with Crippen LogP contribution in [-0.2, 0) is 0 Å². The standard InChI is InChI=1S/C14H13FO3/c15-11-3-7-13(8-4-11)18-9-14(17)10-1-5-12(16)6-2-10/h1-8,14,16-17H,9H2. The number of benzene rings is 2. The van der Waals surface area contributed by atoms with Gasteiger partial charge in [0.15, 0.2) is 0 Å². The van der Waals surface area contributed by atoms with Gasteiger partial charge in [-0.15, -0.1) is 0 Å². The zero-order chi connectivity index (χ0) is 13.0. The Kier molecular flexibility index (Phi) is 3.79. The molecule has 0 aliphatic carbocycles. The Morgan fingerprint density at radius 3 is 2.22 bits per heavy atom. The maximum Gasteiger partial charge on any atom is 0.123 e. The molecule has 2 aromatic carbocycles. The van der Waals surface area contributed by atoms with Crippen molar-refractivity contribution >= 4 is 0 Å². The molecule has 1 unspecified atom stereocenters. The van der Waals surface area contributed by atoms with Crippen LogP contribution in [0.4, 0.5) is 4.39 Å². The highest BCUT2D eigenvalue weighted by molar-refractivity contribution is 5.27. The van der Waals surface area contributed by atoms with E-state index in [-0.39, 0.29) is 18.2 Å². The maximum atomic E-state index is 12.7. The molecule has 0 saturated carbocycles. The van der Waals surface area contributed by atoms with Gasteiger partial charge in [0.2, 0.25) is 0 Å². The fourth-order valence-corrected chi connectivity index (χ4v) is 1.50. The molecule has 0 aromatic heterocycles. The molecule has 18 heavy (non-hydrogen) atoms. The SMILES string of the molecule is Oc1ccc(C(O)COc2ccc(F)cc2)cc1. The topological polar surface area (TPSA) is 49.7 Å². The van der Waals surface area contributed by atoms with Gasteiger partial charge < -0.3 is 14.9 Å². The first kappa shape index (κ1) is 12.4. The van der Waals surface area contributed by atoms with Crippen molar-refractivity contribution in [1.82, 2.24) is 0 Å². The first-order valence-electron chi connectivity index (χ1n) is 5.50. The highest BCUT2D eigenvalue weighted by atomic mass is 19.1. The van der Waals surface area contributed by atoms with E-state index in [4.69, 9.17) is 9.84 Å². The Balaban J connectivity index is 1.93. The van der Waals surface area contributed by atoms with Gasteiger partial charge in [0, 0.05) is 0 Å². The van der Waals surface area contributed by atoms with Crippen LogP contribution in [0.1, 0.15) is 11.7 Å². The van der Waals surface area contributed by atoms with E-state index in [1.165, 1.54) is 36.4 Å². The number of aliphatic hydroxyl groups is 1. The third-order valence-electron chi connectivity index (χ3n) is 2.50. The largest absolute Gasteiger partial charge is 0.508 e. The molecule has 0 radical (unpaired) electrons. The van der Waals surface area contributed by atoms with E-state index in [2.05, 4.69) is 0 Å². The fraction of sp³-hybridized carbons (Fsp3) is 0.143. The maximum absolute atomic E-state index is 12.7. The molecule has 0 aliphatic rings. The van der Waals surface area contributed by atoms with Gasteiger partial charge in [0.05, 0.1) is 0 Å². The lowest BCUT2D eigenvalue weighted by Crippen LogP contribution is -2.09. The Morgan fingerprint density at radius 2 is 1.61 bits per heavy atom. The van der Waals surface area contributed by atoms with Gasteiger partial charge in [-0.25, -0.2) is 4.39 Å². The van der Waals surface area contributed by atoms with Crippen molar-refractivity contribution in [3.63, 3.8) is 0 Å². The van der Waals surface area contributed by atoms with Gasteiger partial charge in [-0.05, 0) is 42.0 Å². The zero-order valence-corrected chi connectivity index (χ0v) is 9.58. The highest BCUT2D eigenvalue weighted by Gasteiger charge is 2.08. The van der Waals surface area contributed by atoms with Crippen LogP contribution in [-0.4, -0.2) is 16.8 Å². The van der Waals surface area contributed by atoms with E-state index in [1.54, 1.807) is 12.1 Å². The lowest BCUT2D eigenvalue weighted by atomic mass is 10.1. The van der Waals surface area contributed by atoms with Crippen LogP contribution in [0.5, 0.6) is 11.5 Å². The normalized spacial score (nSPS) is 12.1. The van der Waals surface area contributed by atoms with Crippen molar-refractivity contribution in [3.8, 4) is 11.5 Å². The zero-order valence-electron chi connectivity index (χ0n) is 9.58. The number of aliphatic hydroxyl groups excluding tert-OH is 1. The highest BCUT2D eigenvalue weighted by Crippen LogP contribution is 2.18. The molecule has 0 heterocycles. The molecule has 2 aromatic rings. The molecule has 0 aliphatic heterocycles. The first-order valence-corrected chi connectivity index (χ1v) is 5.50. The summed E-state index contributed by atoms with van der Waals surface area (Å²) >= 11 is 0. The number of aromatic hydroxyl groups is 1. The molecule has 0 amide bonds. The molecule has 2 N–H and O–H groups in total. The molecule has 4 heteroatoms. The minimum Gasteiger partial charge on any atom is -0.508 e. The quantitative estimate of drug-likeness (QED) is 0.874. The number of ether oxygens (including phenoxy) is 1. The van der Waals surface area contributed by atoms with Crippen LogP contribution >= 0.6 is 0 Å². The smallest absolute Gasteiger partial charge is 0.123 e. The molecule has 3 nitrogen and oxygen atoms in total. The van der Waals surface area contributed by atoms with Crippen LogP contribution in [0.2, 0.25) is 0 Å². The van der Waals surface area contributed by atoms with Crippen molar-refractivity contribution in [2.75, 3.05) is 6.61 Å². The molecular formula is C14H13FO3. The summed E-state index contributed by atoms with van der Waals surface area (Å²) in [5, 5.41) is 19.0. The number of halogens is 1. The van der Waals surface area contributed by atoms with Crippen LogP contribution in [0.3, 0.4) is 0 Å². The Morgan fingerprint density at radius 1 is 1.00 bits per heavy atom. The second-order valence-electron chi connectivity index (χ2n) is 3.87. The average molecular weight is 248 g/mol. The van der Waals surface area contributed by atoms with Gasteiger partial charge in [0.25, 0.3) is 0 Å². The Bertz CT molecular complexity index is 493. The summed E-state index contributed by atoms with van der Waals surface area (Å²) in [5.74, 6) is 0.307. The number of phenolic OH excluding ortho intramolecular Hbond substituents is 1.